The monoisotopic (exact) mass is 260 g/mol. The van der Waals surface area contributed by atoms with Crippen LogP contribution in [0.25, 0.3) is 0 Å². The molecule has 1 aromatic heterocycles. The van der Waals surface area contributed by atoms with Gasteiger partial charge in [-0.15, -0.1) is 0 Å². The molecule has 5 heteroatoms. The largest absolute Gasteiger partial charge is 0.339 e. The fraction of sp³-hybridized carbons (Fsp3) is 0.357. The molecule has 1 aromatic carbocycles. The first-order valence-electron chi connectivity index (χ1n) is 6.29. The first-order chi connectivity index (χ1) is 9.20. The molecule has 19 heavy (non-hydrogen) atoms. The van der Waals surface area contributed by atoms with Gasteiger partial charge in [0.05, 0.1) is 6.42 Å². The molecule has 0 atom stereocenters. The van der Waals surface area contributed by atoms with Crippen molar-refractivity contribution in [3.63, 3.8) is 0 Å². The van der Waals surface area contributed by atoms with Gasteiger partial charge < -0.3 is 4.52 Å². The van der Waals surface area contributed by atoms with Crippen molar-refractivity contribution in [2.45, 2.75) is 25.7 Å². The molecule has 1 aliphatic carbocycles. The molecule has 0 unspecified atom stereocenters. The summed E-state index contributed by atoms with van der Waals surface area (Å²) >= 11 is 0. The summed E-state index contributed by atoms with van der Waals surface area (Å²) in [6, 6.07) is 6.15. The van der Waals surface area contributed by atoms with Gasteiger partial charge in [-0.25, -0.2) is 4.39 Å². The highest BCUT2D eigenvalue weighted by molar-refractivity contribution is 5.84. The minimum Gasteiger partial charge on any atom is -0.339 e. The molecule has 1 heterocycles. The van der Waals surface area contributed by atoms with Crippen molar-refractivity contribution in [3.05, 3.63) is 47.4 Å². The van der Waals surface area contributed by atoms with E-state index in [1.54, 1.807) is 12.1 Å². The Bertz CT molecular complexity index is 588. The smallest absolute Gasteiger partial charge is 0.234 e. The Morgan fingerprint density at radius 2 is 2.05 bits per heavy atom. The van der Waals surface area contributed by atoms with Crippen molar-refractivity contribution in [2.75, 3.05) is 0 Å². The van der Waals surface area contributed by atoms with Crippen molar-refractivity contribution in [3.8, 4) is 0 Å². The van der Waals surface area contributed by atoms with Crippen LogP contribution in [0.2, 0.25) is 0 Å². The van der Waals surface area contributed by atoms with Crippen molar-refractivity contribution in [2.24, 2.45) is 5.92 Å². The molecule has 0 amide bonds. The van der Waals surface area contributed by atoms with E-state index in [9.17, 15) is 9.18 Å². The van der Waals surface area contributed by atoms with Crippen LogP contribution < -0.4 is 0 Å². The lowest BCUT2D eigenvalue weighted by Gasteiger charge is -1.95. The van der Waals surface area contributed by atoms with E-state index in [-0.39, 0.29) is 23.9 Å². The van der Waals surface area contributed by atoms with Crippen LogP contribution in [-0.4, -0.2) is 15.9 Å². The maximum Gasteiger partial charge on any atom is 0.234 e. The Hall–Kier alpha value is -2.04. The lowest BCUT2D eigenvalue weighted by atomic mass is 10.1. The third kappa shape index (κ3) is 3.05. The standard InChI is InChI=1S/C14H13FN2O2/c15-11-5-1-9(2-6-11)7-13-16-14(19-17-13)8-12(18)10-3-4-10/h1-2,5-6,10H,3-4,7-8H2. The fourth-order valence-electron chi connectivity index (χ4n) is 1.92. The molecule has 1 aliphatic rings. The van der Waals surface area contributed by atoms with Crippen LogP contribution in [0.5, 0.6) is 0 Å². The molecule has 1 saturated carbocycles. The van der Waals surface area contributed by atoms with Gasteiger partial charge in [0.2, 0.25) is 5.89 Å². The van der Waals surface area contributed by atoms with Crippen LogP contribution in [0.15, 0.2) is 28.8 Å². The normalized spacial score (nSPS) is 14.6. The first kappa shape index (κ1) is 12.0. The van der Waals surface area contributed by atoms with Crippen LogP contribution in [0.3, 0.4) is 0 Å². The van der Waals surface area contributed by atoms with Gasteiger partial charge in [0, 0.05) is 12.3 Å². The van der Waals surface area contributed by atoms with Gasteiger partial charge >= 0.3 is 0 Å². The highest BCUT2D eigenvalue weighted by Gasteiger charge is 2.30. The third-order valence-corrected chi connectivity index (χ3v) is 3.14. The molecule has 0 radical (unpaired) electrons. The van der Waals surface area contributed by atoms with E-state index in [0.717, 1.165) is 18.4 Å². The molecule has 3 rings (SSSR count). The number of ketones is 1. The average Bonchev–Trinajstić information content (AvgIpc) is 3.16. The number of carbonyl (C=O) groups excluding carboxylic acids is 1. The summed E-state index contributed by atoms with van der Waals surface area (Å²) in [5.74, 6) is 0.997. The predicted octanol–water partition coefficient (Wildman–Crippen LogP) is 2.32. The van der Waals surface area contributed by atoms with Crippen LogP contribution in [0.4, 0.5) is 4.39 Å². The number of halogens is 1. The van der Waals surface area contributed by atoms with Crippen LogP contribution in [0, 0.1) is 11.7 Å². The Balaban J connectivity index is 1.64. The Kier molecular flexibility index (Phi) is 3.11. The van der Waals surface area contributed by atoms with Gasteiger partial charge in [-0.3, -0.25) is 4.79 Å². The first-order valence-corrected chi connectivity index (χ1v) is 6.29. The Labute approximate surface area is 109 Å². The van der Waals surface area contributed by atoms with Gasteiger partial charge in [0.1, 0.15) is 11.6 Å². The number of nitrogens with zero attached hydrogens (tertiary/aromatic N) is 2. The van der Waals surface area contributed by atoms with Gasteiger partial charge in [0.15, 0.2) is 5.82 Å². The van der Waals surface area contributed by atoms with E-state index in [1.165, 1.54) is 12.1 Å². The van der Waals surface area contributed by atoms with E-state index in [1.807, 2.05) is 0 Å². The quantitative estimate of drug-likeness (QED) is 0.827. The lowest BCUT2D eigenvalue weighted by Crippen LogP contribution is -2.05. The number of benzene rings is 1. The Morgan fingerprint density at radius 3 is 2.74 bits per heavy atom. The molecular weight excluding hydrogens is 247 g/mol. The Morgan fingerprint density at radius 1 is 1.32 bits per heavy atom. The van der Waals surface area contributed by atoms with E-state index in [2.05, 4.69) is 10.1 Å². The number of Topliss-reactive ketones (excluding diaryl/α,β-unsaturated/α-hetero) is 1. The topological polar surface area (TPSA) is 56.0 Å². The second-order valence-corrected chi connectivity index (χ2v) is 4.82. The van der Waals surface area contributed by atoms with E-state index < -0.39 is 0 Å². The maximum absolute atomic E-state index is 12.8. The van der Waals surface area contributed by atoms with Gasteiger partial charge in [-0.2, -0.15) is 4.98 Å². The zero-order valence-corrected chi connectivity index (χ0v) is 10.3. The predicted molar refractivity (Wildman–Crippen MR) is 64.9 cm³/mol. The van der Waals surface area contributed by atoms with Gasteiger partial charge in [-0.1, -0.05) is 17.3 Å². The van der Waals surface area contributed by atoms with E-state index in [0.29, 0.717) is 18.1 Å². The highest BCUT2D eigenvalue weighted by Crippen LogP contribution is 2.30. The van der Waals surface area contributed by atoms with E-state index >= 15 is 0 Å². The fourth-order valence-corrected chi connectivity index (χ4v) is 1.92. The summed E-state index contributed by atoms with van der Waals surface area (Å²) in [6.07, 6.45) is 2.66. The summed E-state index contributed by atoms with van der Waals surface area (Å²) in [7, 11) is 0. The molecule has 2 aromatic rings. The second-order valence-electron chi connectivity index (χ2n) is 4.82. The SMILES string of the molecule is O=C(Cc1nc(Cc2ccc(F)cc2)no1)C1CC1. The summed E-state index contributed by atoms with van der Waals surface area (Å²) in [5.41, 5.74) is 0.905. The summed E-state index contributed by atoms with van der Waals surface area (Å²) in [4.78, 5) is 15.8. The van der Waals surface area contributed by atoms with Gasteiger partial charge in [0.25, 0.3) is 0 Å². The van der Waals surface area contributed by atoms with Crippen molar-refractivity contribution >= 4 is 5.78 Å². The zero-order chi connectivity index (χ0) is 13.2. The van der Waals surface area contributed by atoms with Gasteiger partial charge in [-0.05, 0) is 30.5 Å². The van der Waals surface area contributed by atoms with Crippen molar-refractivity contribution in [1.82, 2.24) is 10.1 Å². The number of hydrogen-bond donors (Lipinski definition) is 0. The summed E-state index contributed by atoms with van der Waals surface area (Å²) < 4.78 is 17.8. The average molecular weight is 260 g/mol. The van der Waals surface area contributed by atoms with Crippen molar-refractivity contribution < 1.29 is 13.7 Å². The number of rotatable bonds is 5. The number of hydrogen-bond acceptors (Lipinski definition) is 4. The molecule has 98 valence electrons. The van der Waals surface area contributed by atoms with E-state index in [4.69, 9.17) is 4.52 Å². The molecule has 0 saturated heterocycles. The zero-order valence-electron chi connectivity index (χ0n) is 10.3. The molecule has 1 fully saturated rings. The second kappa shape index (κ2) is 4.91. The molecule has 4 nitrogen and oxygen atoms in total. The minimum absolute atomic E-state index is 0.178. The molecule has 0 aliphatic heterocycles. The molecule has 0 N–H and O–H groups in total. The van der Waals surface area contributed by atoms with Crippen LogP contribution >= 0.6 is 0 Å². The van der Waals surface area contributed by atoms with Crippen molar-refractivity contribution in [1.29, 1.82) is 0 Å². The maximum atomic E-state index is 12.8. The molecule has 0 spiro atoms. The minimum atomic E-state index is -0.271. The number of aromatic nitrogens is 2. The van der Waals surface area contributed by atoms with Crippen LogP contribution in [0.1, 0.15) is 30.1 Å². The van der Waals surface area contributed by atoms with Crippen LogP contribution in [-0.2, 0) is 17.6 Å². The highest BCUT2D eigenvalue weighted by atomic mass is 19.1. The third-order valence-electron chi connectivity index (χ3n) is 3.14. The lowest BCUT2D eigenvalue weighted by molar-refractivity contribution is -0.119. The summed E-state index contributed by atoms with van der Waals surface area (Å²) in [6.45, 7) is 0. The summed E-state index contributed by atoms with van der Waals surface area (Å²) in [5, 5.41) is 3.83. The number of carbonyl (C=O) groups is 1. The molecule has 0 bridgehead atoms. The molecular formula is C14H13FN2O2.